The molecule has 2 heteroatoms. The standard InChI is InChI=1S/C10H23NO/c1-5-9(3)7-11-10(4,6-2)8-12/h9,11-12H,5-8H2,1-4H3. The van der Waals surface area contributed by atoms with Crippen LogP contribution in [0.25, 0.3) is 0 Å². The third kappa shape index (κ3) is 4.07. The van der Waals surface area contributed by atoms with E-state index in [-0.39, 0.29) is 12.1 Å². The Kier molecular flexibility index (Phi) is 5.51. The van der Waals surface area contributed by atoms with Gasteiger partial charge in [-0.1, -0.05) is 27.2 Å². The van der Waals surface area contributed by atoms with Crippen molar-refractivity contribution in [2.45, 2.75) is 46.1 Å². The monoisotopic (exact) mass is 173 g/mol. The number of hydrogen-bond donors (Lipinski definition) is 2. The lowest BCUT2D eigenvalue weighted by Gasteiger charge is -2.28. The minimum Gasteiger partial charge on any atom is -0.394 e. The van der Waals surface area contributed by atoms with Crippen LogP contribution in [0, 0.1) is 5.92 Å². The highest BCUT2D eigenvalue weighted by Crippen LogP contribution is 2.09. The first kappa shape index (κ1) is 11.9. The fraction of sp³-hybridized carbons (Fsp3) is 1.00. The van der Waals surface area contributed by atoms with Crippen molar-refractivity contribution < 1.29 is 5.11 Å². The van der Waals surface area contributed by atoms with Crippen molar-refractivity contribution in [2.24, 2.45) is 5.92 Å². The van der Waals surface area contributed by atoms with Gasteiger partial charge in [-0.15, -0.1) is 0 Å². The Labute approximate surface area is 76.4 Å². The third-order valence-corrected chi connectivity index (χ3v) is 2.70. The van der Waals surface area contributed by atoms with Crippen LogP contribution in [0.2, 0.25) is 0 Å². The predicted molar refractivity (Wildman–Crippen MR) is 53.2 cm³/mol. The molecule has 0 aliphatic heterocycles. The molecule has 74 valence electrons. The molecule has 2 nitrogen and oxygen atoms in total. The molecule has 0 aromatic rings. The molecule has 2 atom stereocenters. The molecule has 2 N–H and O–H groups in total. The molecule has 12 heavy (non-hydrogen) atoms. The van der Waals surface area contributed by atoms with E-state index >= 15 is 0 Å². The number of nitrogens with one attached hydrogen (secondary N) is 1. The number of aliphatic hydroxyl groups is 1. The maximum absolute atomic E-state index is 9.11. The highest BCUT2D eigenvalue weighted by molar-refractivity contribution is 4.80. The van der Waals surface area contributed by atoms with Crippen molar-refractivity contribution >= 4 is 0 Å². The van der Waals surface area contributed by atoms with E-state index in [4.69, 9.17) is 5.11 Å². The highest BCUT2D eigenvalue weighted by Gasteiger charge is 2.19. The van der Waals surface area contributed by atoms with Gasteiger partial charge in [0.15, 0.2) is 0 Å². The van der Waals surface area contributed by atoms with Gasteiger partial charge in [0.1, 0.15) is 0 Å². The van der Waals surface area contributed by atoms with E-state index in [0.717, 1.165) is 13.0 Å². The lowest BCUT2D eigenvalue weighted by molar-refractivity contribution is 0.165. The molecule has 0 rings (SSSR count). The fourth-order valence-corrected chi connectivity index (χ4v) is 0.858. The smallest absolute Gasteiger partial charge is 0.0610 e. The fourth-order valence-electron chi connectivity index (χ4n) is 0.858. The first-order valence-electron chi connectivity index (χ1n) is 4.93. The van der Waals surface area contributed by atoms with Crippen molar-refractivity contribution in [1.82, 2.24) is 5.32 Å². The molecule has 0 aliphatic carbocycles. The molecule has 2 unspecified atom stereocenters. The Balaban J connectivity index is 3.72. The van der Waals surface area contributed by atoms with E-state index in [1.807, 2.05) is 0 Å². The van der Waals surface area contributed by atoms with Crippen molar-refractivity contribution in [3.05, 3.63) is 0 Å². The molecule has 0 aromatic carbocycles. The molecule has 0 aliphatic rings. The van der Waals surface area contributed by atoms with Crippen molar-refractivity contribution in [2.75, 3.05) is 13.2 Å². The van der Waals surface area contributed by atoms with Crippen LogP contribution >= 0.6 is 0 Å². The van der Waals surface area contributed by atoms with Gasteiger partial charge in [-0.25, -0.2) is 0 Å². The van der Waals surface area contributed by atoms with E-state index in [1.165, 1.54) is 6.42 Å². The summed E-state index contributed by atoms with van der Waals surface area (Å²) < 4.78 is 0. The van der Waals surface area contributed by atoms with Gasteiger partial charge in [-0.2, -0.15) is 0 Å². The van der Waals surface area contributed by atoms with Crippen LogP contribution in [0.1, 0.15) is 40.5 Å². The second-order valence-corrected chi connectivity index (χ2v) is 3.97. The van der Waals surface area contributed by atoms with E-state index in [9.17, 15) is 0 Å². The summed E-state index contributed by atoms with van der Waals surface area (Å²) >= 11 is 0. The van der Waals surface area contributed by atoms with Gasteiger partial charge in [0, 0.05) is 5.54 Å². The normalized spacial score (nSPS) is 18.8. The van der Waals surface area contributed by atoms with Gasteiger partial charge < -0.3 is 10.4 Å². The molecule has 0 saturated carbocycles. The lowest BCUT2D eigenvalue weighted by Crippen LogP contribution is -2.46. The molecular weight excluding hydrogens is 150 g/mol. The Morgan fingerprint density at radius 2 is 2.00 bits per heavy atom. The van der Waals surface area contributed by atoms with Crippen molar-refractivity contribution in [3.63, 3.8) is 0 Å². The first-order chi connectivity index (χ1) is 5.58. The van der Waals surface area contributed by atoms with Crippen LogP contribution in [0.3, 0.4) is 0 Å². The summed E-state index contributed by atoms with van der Waals surface area (Å²) in [5.74, 6) is 0.697. The van der Waals surface area contributed by atoms with Gasteiger partial charge in [-0.05, 0) is 25.8 Å². The summed E-state index contributed by atoms with van der Waals surface area (Å²) in [5.41, 5.74) is -0.0799. The highest BCUT2D eigenvalue weighted by atomic mass is 16.3. The molecule has 0 radical (unpaired) electrons. The van der Waals surface area contributed by atoms with Gasteiger partial charge in [0.25, 0.3) is 0 Å². The average molecular weight is 173 g/mol. The molecule has 0 heterocycles. The second-order valence-electron chi connectivity index (χ2n) is 3.97. The Bertz CT molecular complexity index is 110. The molecular formula is C10H23NO. The average Bonchev–Trinajstić information content (AvgIpc) is 2.13. The predicted octanol–water partition coefficient (Wildman–Crippen LogP) is 1.78. The molecule has 0 amide bonds. The minimum absolute atomic E-state index is 0.0799. The Morgan fingerprint density at radius 3 is 2.33 bits per heavy atom. The zero-order valence-electron chi connectivity index (χ0n) is 8.85. The van der Waals surface area contributed by atoms with E-state index < -0.39 is 0 Å². The van der Waals surface area contributed by atoms with Crippen LogP contribution in [-0.2, 0) is 0 Å². The van der Waals surface area contributed by atoms with Gasteiger partial charge >= 0.3 is 0 Å². The number of rotatable bonds is 6. The van der Waals surface area contributed by atoms with Crippen LogP contribution < -0.4 is 5.32 Å². The SMILES string of the molecule is CCC(C)CNC(C)(CC)CO. The lowest BCUT2D eigenvalue weighted by atomic mass is 9.99. The summed E-state index contributed by atoms with van der Waals surface area (Å²) in [6.07, 6.45) is 2.16. The van der Waals surface area contributed by atoms with Gasteiger partial charge in [-0.3, -0.25) is 0 Å². The van der Waals surface area contributed by atoms with E-state index in [1.54, 1.807) is 0 Å². The summed E-state index contributed by atoms with van der Waals surface area (Å²) in [6, 6.07) is 0. The summed E-state index contributed by atoms with van der Waals surface area (Å²) in [4.78, 5) is 0. The number of hydrogen-bond acceptors (Lipinski definition) is 2. The minimum atomic E-state index is -0.0799. The maximum atomic E-state index is 9.11. The summed E-state index contributed by atoms with van der Waals surface area (Å²) in [5, 5.41) is 12.5. The quantitative estimate of drug-likeness (QED) is 0.642. The summed E-state index contributed by atoms with van der Waals surface area (Å²) in [6.45, 7) is 9.80. The maximum Gasteiger partial charge on any atom is 0.0610 e. The molecule has 0 spiro atoms. The number of aliphatic hydroxyl groups excluding tert-OH is 1. The van der Waals surface area contributed by atoms with Crippen LogP contribution in [0.4, 0.5) is 0 Å². The Hall–Kier alpha value is -0.0800. The zero-order chi connectivity index (χ0) is 9.61. The van der Waals surface area contributed by atoms with Crippen molar-refractivity contribution in [3.8, 4) is 0 Å². The topological polar surface area (TPSA) is 32.3 Å². The summed E-state index contributed by atoms with van der Waals surface area (Å²) in [7, 11) is 0. The van der Waals surface area contributed by atoms with Crippen LogP contribution in [-0.4, -0.2) is 23.8 Å². The van der Waals surface area contributed by atoms with Gasteiger partial charge in [0.2, 0.25) is 0 Å². The van der Waals surface area contributed by atoms with Crippen LogP contribution in [0.15, 0.2) is 0 Å². The molecule has 0 aromatic heterocycles. The zero-order valence-corrected chi connectivity index (χ0v) is 8.85. The van der Waals surface area contributed by atoms with Crippen molar-refractivity contribution in [1.29, 1.82) is 0 Å². The van der Waals surface area contributed by atoms with Gasteiger partial charge in [0.05, 0.1) is 6.61 Å². The Morgan fingerprint density at radius 1 is 1.42 bits per heavy atom. The van der Waals surface area contributed by atoms with Crippen LogP contribution in [0.5, 0.6) is 0 Å². The molecule has 0 fully saturated rings. The second kappa shape index (κ2) is 5.55. The first-order valence-corrected chi connectivity index (χ1v) is 4.93. The molecule has 0 bridgehead atoms. The molecule has 0 saturated heterocycles. The van der Waals surface area contributed by atoms with E-state index in [2.05, 4.69) is 33.0 Å². The largest absolute Gasteiger partial charge is 0.394 e. The van der Waals surface area contributed by atoms with E-state index in [0.29, 0.717) is 5.92 Å². The third-order valence-electron chi connectivity index (χ3n) is 2.70.